The fourth-order valence-corrected chi connectivity index (χ4v) is 2.84. The van der Waals surface area contributed by atoms with Gasteiger partial charge in [-0.15, -0.1) is 0 Å². The number of hydrogen-bond donors (Lipinski definition) is 3. The van der Waals surface area contributed by atoms with Crippen LogP contribution in [-0.2, 0) is 7.05 Å². The molecule has 0 bridgehead atoms. The molecular weight excluding hydrogens is 342 g/mol. The summed E-state index contributed by atoms with van der Waals surface area (Å²) in [6, 6.07) is 16.7. The van der Waals surface area contributed by atoms with E-state index in [0.717, 1.165) is 11.1 Å². The summed E-state index contributed by atoms with van der Waals surface area (Å²) in [6.07, 6.45) is 2.90. The van der Waals surface area contributed by atoms with Crippen molar-refractivity contribution >= 4 is 11.7 Å². The van der Waals surface area contributed by atoms with Crippen molar-refractivity contribution in [2.24, 2.45) is 7.05 Å². The normalized spacial score (nSPS) is 11.8. The Morgan fingerprint density at radius 2 is 2.00 bits per heavy atom. The van der Waals surface area contributed by atoms with Crippen molar-refractivity contribution in [1.29, 1.82) is 0 Å². The van der Waals surface area contributed by atoms with Gasteiger partial charge in [-0.2, -0.15) is 5.10 Å². The van der Waals surface area contributed by atoms with E-state index in [4.69, 9.17) is 5.11 Å². The van der Waals surface area contributed by atoms with Crippen LogP contribution in [0.15, 0.2) is 60.9 Å². The van der Waals surface area contributed by atoms with Gasteiger partial charge >= 0.3 is 6.03 Å². The maximum atomic E-state index is 12.5. The van der Waals surface area contributed by atoms with Crippen LogP contribution in [-0.4, -0.2) is 32.5 Å². The van der Waals surface area contributed by atoms with Gasteiger partial charge in [-0.25, -0.2) is 9.78 Å². The summed E-state index contributed by atoms with van der Waals surface area (Å²) < 4.78 is 1.63. The van der Waals surface area contributed by atoms with Crippen LogP contribution in [0.2, 0.25) is 0 Å². The van der Waals surface area contributed by atoms with Crippen molar-refractivity contribution in [1.82, 2.24) is 20.1 Å². The maximum absolute atomic E-state index is 12.5. The molecule has 0 unspecified atom stereocenters. The summed E-state index contributed by atoms with van der Waals surface area (Å²) >= 11 is 0. The molecule has 1 aromatic heterocycles. The SMILES string of the molecule is Cn1cnc(-c2cccc(NC(=O)N[C@H](CCCO)c3ccccc3)c2)n1. The number of aliphatic hydroxyl groups is 1. The number of hydrogen-bond acceptors (Lipinski definition) is 4. The van der Waals surface area contributed by atoms with Crippen molar-refractivity contribution in [2.45, 2.75) is 18.9 Å². The molecule has 0 saturated carbocycles. The molecular formula is C20H23N5O2. The Morgan fingerprint density at radius 1 is 1.19 bits per heavy atom. The topological polar surface area (TPSA) is 92.1 Å². The number of urea groups is 1. The number of benzene rings is 2. The molecule has 0 saturated heterocycles. The smallest absolute Gasteiger partial charge is 0.319 e. The second-order valence-corrected chi connectivity index (χ2v) is 6.25. The molecule has 3 rings (SSSR count). The number of carbonyl (C=O) groups excluding carboxylic acids is 1. The van der Waals surface area contributed by atoms with Gasteiger partial charge in [0.15, 0.2) is 5.82 Å². The highest BCUT2D eigenvalue weighted by Gasteiger charge is 2.14. The molecule has 3 N–H and O–H groups in total. The van der Waals surface area contributed by atoms with Crippen LogP contribution in [0.3, 0.4) is 0 Å². The Hall–Kier alpha value is -3.19. The fourth-order valence-electron chi connectivity index (χ4n) is 2.84. The van der Waals surface area contributed by atoms with Gasteiger partial charge in [0.2, 0.25) is 0 Å². The van der Waals surface area contributed by atoms with Gasteiger partial charge in [0.25, 0.3) is 0 Å². The average Bonchev–Trinajstić information content (AvgIpc) is 3.12. The molecule has 2 aromatic carbocycles. The van der Waals surface area contributed by atoms with Gasteiger partial charge in [0.1, 0.15) is 6.33 Å². The third kappa shape index (κ3) is 5.15. The zero-order valence-corrected chi connectivity index (χ0v) is 15.2. The van der Waals surface area contributed by atoms with Crippen LogP contribution >= 0.6 is 0 Å². The van der Waals surface area contributed by atoms with E-state index in [0.29, 0.717) is 24.4 Å². The molecule has 27 heavy (non-hydrogen) atoms. The molecule has 1 atom stereocenters. The molecule has 0 spiro atoms. The van der Waals surface area contributed by atoms with Crippen molar-refractivity contribution in [2.75, 3.05) is 11.9 Å². The van der Waals surface area contributed by atoms with Gasteiger partial charge in [0, 0.05) is 24.9 Å². The second-order valence-electron chi connectivity index (χ2n) is 6.25. The molecule has 1 heterocycles. The van der Waals surface area contributed by atoms with Crippen LogP contribution in [0, 0.1) is 0 Å². The minimum absolute atomic E-state index is 0.0890. The number of nitrogens with zero attached hydrogens (tertiary/aromatic N) is 3. The summed E-state index contributed by atoms with van der Waals surface area (Å²) in [5, 5.41) is 19.3. The third-order valence-corrected chi connectivity index (χ3v) is 4.14. The highest BCUT2D eigenvalue weighted by molar-refractivity contribution is 5.90. The number of carbonyl (C=O) groups is 1. The predicted octanol–water partition coefficient (Wildman–Crippen LogP) is 3.12. The molecule has 0 aliphatic rings. The van der Waals surface area contributed by atoms with Crippen molar-refractivity contribution < 1.29 is 9.90 Å². The Morgan fingerprint density at radius 3 is 2.70 bits per heavy atom. The van der Waals surface area contributed by atoms with E-state index in [-0.39, 0.29) is 18.7 Å². The molecule has 2 amide bonds. The molecule has 0 fully saturated rings. The first-order valence-corrected chi connectivity index (χ1v) is 8.85. The summed E-state index contributed by atoms with van der Waals surface area (Å²) in [5.74, 6) is 0.603. The van der Waals surface area contributed by atoms with Crippen LogP contribution < -0.4 is 10.6 Å². The minimum atomic E-state index is -0.298. The minimum Gasteiger partial charge on any atom is -0.396 e. The number of amides is 2. The van der Waals surface area contributed by atoms with E-state index in [9.17, 15) is 4.79 Å². The van der Waals surface area contributed by atoms with Crippen LogP contribution in [0.25, 0.3) is 11.4 Å². The molecule has 0 radical (unpaired) electrons. The Labute approximate surface area is 158 Å². The number of aliphatic hydroxyl groups excluding tert-OH is 1. The van der Waals surface area contributed by atoms with Crippen LogP contribution in [0.5, 0.6) is 0 Å². The summed E-state index contributed by atoms with van der Waals surface area (Å²) in [6.45, 7) is 0.0890. The Balaban J connectivity index is 1.68. The first-order chi connectivity index (χ1) is 13.2. The van der Waals surface area contributed by atoms with Crippen LogP contribution in [0.1, 0.15) is 24.4 Å². The van der Waals surface area contributed by atoms with Crippen molar-refractivity contribution in [3.8, 4) is 11.4 Å². The standard InChI is InChI=1S/C20H23N5O2/c1-25-14-21-19(24-25)16-9-5-10-17(13-16)22-20(27)23-18(11-6-12-26)15-7-3-2-4-8-15/h2-5,7-10,13-14,18,26H,6,11-12H2,1H3,(H2,22,23,27)/t18-/m1/s1. The number of rotatable bonds is 7. The highest BCUT2D eigenvalue weighted by atomic mass is 16.3. The molecule has 3 aromatic rings. The van der Waals surface area contributed by atoms with E-state index in [1.54, 1.807) is 11.0 Å². The third-order valence-electron chi connectivity index (χ3n) is 4.14. The lowest BCUT2D eigenvalue weighted by Gasteiger charge is -2.19. The largest absolute Gasteiger partial charge is 0.396 e. The van der Waals surface area contributed by atoms with E-state index in [1.165, 1.54) is 0 Å². The lowest BCUT2D eigenvalue weighted by atomic mass is 10.0. The van der Waals surface area contributed by atoms with Crippen molar-refractivity contribution in [3.63, 3.8) is 0 Å². The molecule has 7 nitrogen and oxygen atoms in total. The first-order valence-electron chi connectivity index (χ1n) is 8.85. The van der Waals surface area contributed by atoms with Gasteiger partial charge in [-0.3, -0.25) is 4.68 Å². The molecule has 140 valence electrons. The quantitative estimate of drug-likeness (QED) is 0.600. The van der Waals surface area contributed by atoms with E-state index >= 15 is 0 Å². The zero-order chi connectivity index (χ0) is 19.1. The molecule has 7 heteroatoms. The monoisotopic (exact) mass is 365 g/mol. The summed E-state index contributed by atoms with van der Waals surface area (Å²) in [5.41, 5.74) is 2.49. The lowest BCUT2D eigenvalue weighted by molar-refractivity contribution is 0.244. The lowest BCUT2D eigenvalue weighted by Crippen LogP contribution is -2.32. The van der Waals surface area contributed by atoms with Gasteiger partial charge in [-0.1, -0.05) is 42.5 Å². The molecule has 0 aliphatic carbocycles. The molecule has 0 aliphatic heterocycles. The fraction of sp³-hybridized carbons (Fsp3) is 0.250. The van der Waals surface area contributed by atoms with Crippen molar-refractivity contribution in [3.05, 3.63) is 66.5 Å². The van der Waals surface area contributed by atoms with E-state index in [2.05, 4.69) is 20.7 Å². The highest BCUT2D eigenvalue weighted by Crippen LogP contribution is 2.21. The van der Waals surface area contributed by atoms with Gasteiger partial charge in [0.05, 0.1) is 6.04 Å². The zero-order valence-electron chi connectivity index (χ0n) is 15.2. The van der Waals surface area contributed by atoms with E-state index < -0.39 is 0 Å². The van der Waals surface area contributed by atoms with Gasteiger partial charge in [-0.05, 0) is 30.5 Å². The van der Waals surface area contributed by atoms with Crippen LogP contribution in [0.4, 0.5) is 10.5 Å². The number of aromatic nitrogens is 3. The van der Waals surface area contributed by atoms with E-state index in [1.807, 2.05) is 61.6 Å². The summed E-state index contributed by atoms with van der Waals surface area (Å²) in [7, 11) is 1.81. The number of nitrogens with one attached hydrogen (secondary N) is 2. The second kappa shape index (κ2) is 8.95. The average molecular weight is 365 g/mol. The number of aryl methyl sites for hydroxylation is 1. The van der Waals surface area contributed by atoms with Gasteiger partial charge < -0.3 is 15.7 Å². The Kier molecular flexibility index (Phi) is 6.17. The summed E-state index contributed by atoms with van der Waals surface area (Å²) in [4.78, 5) is 16.7. The first kappa shape index (κ1) is 18.6. The predicted molar refractivity (Wildman–Crippen MR) is 104 cm³/mol. The number of anilines is 1. The Bertz CT molecular complexity index is 879. The maximum Gasteiger partial charge on any atom is 0.319 e.